The van der Waals surface area contributed by atoms with Crippen LogP contribution in [0.2, 0.25) is 0 Å². The molecule has 0 radical (unpaired) electrons. The van der Waals surface area contributed by atoms with Crippen LogP contribution in [-0.4, -0.2) is 53.4 Å². The molecule has 2 heterocycles. The number of amides is 2. The molecule has 2 amide bonds. The third kappa shape index (κ3) is 5.39. The second-order valence-corrected chi connectivity index (χ2v) is 11.1. The van der Waals surface area contributed by atoms with Gasteiger partial charge in [-0.25, -0.2) is 23.2 Å². The van der Waals surface area contributed by atoms with Gasteiger partial charge in [0, 0.05) is 23.9 Å². The molecule has 14 heteroatoms. The number of sulfone groups is 1. The van der Waals surface area contributed by atoms with Crippen LogP contribution in [0.5, 0.6) is 5.75 Å². The number of anilines is 2. The summed E-state index contributed by atoms with van der Waals surface area (Å²) in [5.74, 6) is -1.05. The molecular formula is C22H23N5O7S2. The largest absolute Gasteiger partial charge is 0.497 e. The fourth-order valence-electron chi connectivity index (χ4n) is 3.96. The van der Waals surface area contributed by atoms with Gasteiger partial charge >= 0.3 is 12.0 Å². The first-order chi connectivity index (χ1) is 17.2. The number of carbonyl (C=O) groups is 3. The van der Waals surface area contributed by atoms with E-state index in [-0.39, 0.29) is 37.6 Å². The molecule has 0 unspecified atom stereocenters. The second-order valence-electron chi connectivity index (χ2n) is 8.06. The second kappa shape index (κ2) is 10.5. The number of methoxy groups -OCH3 is 1. The molecule has 4 rings (SSSR count). The number of carboxylic acid groups (broad SMARTS) is 1. The Bertz CT molecular complexity index is 1390. The third-order valence-corrected chi connectivity index (χ3v) is 8.81. The molecular weight excluding hydrogens is 510 g/mol. The third-order valence-electron chi connectivity index (χ3n) is 5.64. The Morgan fingerprint density at radius 2 is 1.97 bits per heavy atom. The van der Waals surface area contributed by atoms with E-state index in [2.05, 4.69) is 25.6 Å². The molecule has 0 saturated heterocycles. The highest BCUT2D eigenvalue weighted by atomic mass is 32.2. The maximum Gasteiger partial charge on any atom is 0.325 e. The summed E-state index contributed by atoms with van der Waals surface area (Å²) in [6.45, 7) is 0. The van der Waals surface area contributed by atoms with Crippen molar-refractivity contribution in [3.8, 4) is 5.75 Å². The molecule has 1 aliphatic carbocycles. The molecule has 1 fully saturated rings. The minimum atomic E-state index is -4.19. The summed E-state index contributed by atoms with van der Waals surface area (Å²) >= 11 is 0.601. The number of rotatable bonds is 9. The number of aliphatic carboxylic acids is 1. The van der Waals surface area contributed by atoms with Crippen molar-refractivity contribution >= 4 is 49.8 Å². The van der Waals surface area contributed by atoms with Gasteiger partial charge in [-0.3, -0.25) is 14.9 Å². The van der Waals surface area contributed by atoms with Crippen molar-refractivity contribution in [3.05, 3.63) is 41.9 Å². The van der Waals surface area contributed by atoms with Crippen molar-refractivity contribution in [2.24, 2.45) is 5.92 Å². The molecule has 1 aliphatic rings. The zero-order valence-electron chi connectivity index (χ0n) is 19.1. The zero-order valence-corrected chi connectivity index (χ0v) is 20.7. The number of Topliss-reactive ketones (excluding diaryl/α,β-unsaturated/α-hetero) is 1. The first-order valence-electron chi connectivity index (χ1n) is 10.9. The SMILES string of the molecule is COc1ccc(NC(=O)Nc2nc(CC(=O)O)c(S(=O)(=O)c3ncc[nH]3)s2)c(C(=O)C2CCCC2)c1. The van der Waals surface area contributed by atoms with Crippen molar-refractivity contribution in [1.29, 1.82) is 0 Å². The predicted octanol–water partition coefficient (Wildman–Crippen LogP) is 3.35. The highest BCUT2D eigenvalue weighted by molar-refractivity contribution is 7.93. The lowest BCUT2D eigenvalue weighted by atomic mass is 9.95. The number of nitrogens with one attached hydrogen (secondary N) is 3. The number of hydrogen-bond acceptors (Lipinski definition) is 9. The van der Waals surface area contributed by atoms with Gasteiger partial charge in [-0.1, -0.05) is 24.2 Å². The van der Waals surface area contributed by atoms with E-state index < -0.39 is 28.3 Å². The average molecular weight is 534 g/mol. The number of carboxylic acids is 1. The Kier molecular flexibility index (Phi) is 7.35. The van der Waals surface area contributed by atoms with Crippen LogP contribution in [0.15, 0.2) is 40.0 Å². The number of carbonyl (C=O) groups excluding carboxylic acids is 2. The number of nitrogens with zero attached hydrogens (tertiary/aromatic N) is 2. The van der Waals surface area contributed by atoms with E-state index in [0.29, 0.717) is 22.6 Å². The lowest BCUT2D eigenvalue weighted by Crippen LogP contribution is -2.22. The van der Waals surface area contributed by atoms with Crippen LogP contribution < -0.4 is 15.4 Å². The number of aromatic nitrogens is 3. The van der Waals surface area contributed by atoms with Gasteiger partial charge in [0.1, 0.15) is 5.75 Å². The molecule has 0 aliphatic heterocycles. The fourth-order valence-corrected chi connectivity index (χ4v) is 6.61. The molecule has 1 aromatic carbocycles. The fraction of sp³-hybridized carbons (Fsp3) is 0.318. The van der Waals surface area contributed by atoms with Crippen molar-refractivity contribution in [2.45, 2.75) is 41.5 Å². The van der Waals surface area contributed by atoms with Gasteiger partial charge in [-0.15, -0.1) is 0 Å². The molecule has 4 N–H and O–H groups in total. The molecule has 3 aromatic rings. The Hall–Kier alpha value is -3.78. The molecule has 1 saturated carbocycles. The van der Waals surface area contributed by atoms with E-state index in [1.165, 1.54) is 19.5 Å². The van der Waals surface area contributed by atoms with Gasteiger partial charge in [-0.2, -0.15) is 0 Å². The van der Waals surface area contributed by atoms with Crippen molar-refractivity contribution in [3.63, 3.8) is 0 Å². The summed E-state index contributed by atoms with van der Waals surface area (Å²) in [7, 11) is -2.71. The van der Waals surface area contributed by atoms with Crippen LogP contribution in [-0.2, 0) is 21.1 Å². The number of ether oxygens (including phenoxy) is 1. The standard InChI is InChI=1S/C22H23N5O7S2/c1-34-13-6-7-15(14(10-13)18(30)12-4-2-3-5-12)25-20(31)27-21-26-16(11-17(28)29)19(35-21)36(32,33)22-23-8-9-24-22/h6-10,12H,2-5,11H2,1H3,(H,23,24)(H,28,29)(H2,25,26,27,31). The number of hydrogen-bond donors (Lipinski definition) is 4. The van der Waals surface area contributed by atoms with E-state index in [9.17, 15) is 27.9 Å². The van der Waals surface area contributed by atoms with E-state index in [0.717, 1.165) is 25.7 Å². The zero-order chi connectivity index (χ0) is 25.9. The van der Waals surface area contributed by atoms with E-state index >= 15 is 0 Å². The van der Waals surface area contributed by atoms with Crippen molar-refractivity contribution in [1.82, 2.24) is 15.0 Å². The van der Waals surface area contributed by atoms with Gasteiger partial charge < -0.3 is 20.1 Å². The number of ketones is 1. The summed E-state index contributed by atoms with van der Waals surface area (Å²) in [4.78, 5) is 47.3. The van der Waals surface area contributed by atoms with Gasteiger partial charge in [0.25, 0.3) is 9.84 Å². The van der Waals surface area contributed by atoms with Crippen LogP contribution in [0.4, 0.5) is 15.6 Å². The normalized spacial score (nSPS) is 13.9. The lowest BCUT2D eigenvalue weighted by Gasteiger charge is -2.15. The van der Waals surface area contributed by atoms with E-state index in [1.807, 2.05) is 0 Å². The van der Waals surface area contributed by atoms with Crippen LogP contribution in [0, 0.1) is 5.92 Å². The predicted molar refractivity (Wildman–Crippen MR) is 129 cm³/mol. The molecule has 12 nitrogen and oxygen atoms in total. The molecule has 190 valence electrons. The van der Waals surface area contributed by atoms with Crippen molar-refractivity contribution in [2.75, 3.05) is 17.7 Å². The van der Waals surface area contributed by atoms with E-state index in [1.54, 1.807) is 18.2 Å². The van der Waals surface area contributed by atoms with Crippen LogP contribution in [0.25, 0.3) is 0 Å². The van der Waals surface area contributed by atoms with Crippen molar-refractivity contribution < 1.29 is 32.6 Å². The molecule has 0 spiro atoms. The van der Waals surface area contributed by atoms with Crippen LogP contribution in [0.1, 0.15) is 41.7 Å². The average Bonchev–Trinajstić information content (AvgIpc) is 3.61. The minimum Gasteiger partial charge on any atom is -0.497 e. The Morgan fingerprint density at radius 3 is 2.61 bits per heavy atom. The summed E-state index contributed by atoms with van der Waals surface area (Å²) in [5.41, 5.74) is 0.333. The minimum absolute atomic E-state index is 0.0912. The quantitative estimate of drug-likeness (QED) is 0.300. The number of imidazole rings is 1. The summed E-state index contributed by atoms with van der Waals surface area (Å²) in [6, 6.07) is 3.94. The highest BCUT2D eigenvalue weighted by Gasteiger charge is 2.30. The van der Waals surface area contributed by atoms with E-state index in [4.69, 9.17) is 4.74 Å². The molecule has 2 aromatic heterocycles. The van der Waals surface area contributed by atoms with Gasteiger partial charge in [-0.05, 0) is 31.0 Å². The maximum absolute atomic E-state index is 13.1. The summed E-state index contributed by atoms with van der Waals surface area (Å²) in [6.07, 6.45) is 5.38. The van der Waals surface area contributed by atoms with Gasteiger partial charge in [0.05, 0.1) is 24.9 Å². The van der Waals surface area contributed by atoms with Gasteiger partial charge in [0.15, 0.2) is 15.1 Å². The highest BCUT2D eigenvalue weighted by Crippen LogP contribution is 2.34. The maximum atomic E-state index is 13.1. The summed E-state index contributed by atoms with van der Waals surface area (Å²) < 4.78 is 30.7. The molecule has 0 bridgehead atoms. The van der Waals surface area contributed by atoms with Gasteiger partial charge in [0.2, 0.25) is 5.16 Å². The number of benzene rings is 1. The Morgan fingerprint density at radius 1 is 1.22 bits per heavy atom. The van der Waals surface area contributed by atoms with Crippen LogP contribution >= 0.6 is 11.3 Å². The lowest BCUT2D eigenvalue weighted by molar-refractivity contribution is -0.136. The molecule has 0 atom stereocenters. The number of aromatic amines is 1. The Labute approximate surface area is 210 Å². The topological polar surface area (TPSA) is 180 Å². The first-order valence-corrected chi connectivity index (χ1v) is 13.2. The number of H-pyrrole nitrogens is 1. The summed E-state index contributed by atoms with van der Waals surface area (Å²) in [5, 5.41) is 13.7. The van der Waals surface area contributed by atoms with Crippen LogP contribution in [0.3, 0.4) is 0 Å². The first kappa shape index (κ1) is 25.3. The number of urea groups is 1. The molecule has 36 heavy (non-hydrogen) atoms. The smallest absolute Gasteiger partial charge is 0.325 e. The monoisotopic (exact) mass is 533 g/mol. The Balaban J connectivity index is 1.59. The number of thiazole rings is 1.